The SMILES string of the molecule is O=C(O)CC[n+]1c(/C=C/c2ccc3c(c2)C2CCCC2N3c2ccccc2)sc2c3ccc(S(=O)(=O)O)cc3ccc21. The first-order chi connectivity index (χ1) is 20.3. The van der Waals surface area contributed by atoms with Crippen LogP contribution in [0.1, 0.15) is 47.7 Å². The lowest BCUT2D eigenvalue weighted by Crippen LogP contribution is -2.36. The summed E-state index contributed by atoms with van der Waals surface area (Å²) in [6.07, 6.45) is 7.72. The molecule has 0 bridgehead atoms. The third kappa shape index (κ3) is 4.67. The molecule has 9 heteroatoms. The van der Waals surface area contributed by atoms with Crippen LogP contribution in [0.5, 0.6) is 0 Å². The zero-order valence-electron chi connectivity index (χ0n) is 22.7. The van der Waals surface area contributed by atoms with Crippen molar-refractivity contribution in [1.29, 1.82) is 0 Å². The number of hydrogen-bond acceptors (Lipinski definition) is 5. The van der Waals surface area contributed by atoms with Crippen molar-refractivity contribution in [2.45, 2.75) is 49.1 Å². The maximum atomic E-state index is 11.7. The van der Waals surface area contributed by atoms with E-state index >= 15 is 0 Å². The summed E-state index contributed by atoms with van der Waals surface area (Å²) < 4.78 is 35.8. The molecular formula is C33H29N2O5S2+. The van der Waals surface area contributed by atoms with Gasteiger partial charge >= 0.3 is 5.97 Å². The molecule has 1 aromatic heterocycles. The van der Waals surface area contributed by atoms with Gasteiger partial charge in [0.05, 0.1) is 4.90 Å². The van der Waals surface area contributed by atoms with Gasteiger partial charge in [-0.05, 0) is 77.9 Å². The Morgan fingerprint density at radius 3 is 2.62 bits per heavy atom. The Morgan fingerprint density at radius 1 is 1.00 bits per heavy atom. The lowest BCUT2D eigenvalue weighted by molar-refractivity contribution is -0.667. The van der Waals surface area contributed by atoms with Gasteiger partial charge in [-0.15, -0.1) is 0 Å². The Kier molecular flexibility index (Phi) is 6.61. The number of hydrogen-bond donors (Lipinski definition) is 2. The first-order valence-electron chi connectivity index (χ1n) is 14.0. The average molecular weight is 598 g/mol. The summed E-state index contributed by atoms with van der Waals surface area (Å²) in [7, 11) is -4.32. The minimum absolute atomic E-state index is 0.0195. The lowest BCUT2D eigenvalue weighted by atomic mass is 9.96. The number of aryl methyl sites for hydroxylation is 1. The second-order valence-electron chi connectivity index (χ2n) is 11.0. The fourth-order valence-corrected chi connectivity index (χ4v) is 8.40. The van der Waals surface area contributed by atoms with E-state index in [4.69, 9.17) is 0 Å². The third-order valence-electron chi connectivity index (χ3n) is 8.51. The van der Waals surface area contributed by atoms with Gasteiger partial charge in [0, 0.05) is 40.9 Å². The van der Waals surface area contributed by atoms with E-state index in [2.05, 4.69) is 59.5 Å². The van der Waals surface area contributed by atoms with Crippen LogP contribution < -0.4 is 9.47 Å². The Balaban J connectivity index is 1.28. The first kappa shape index (κ1) is 26.8. The van der Waals surface area contributed by atoms with Gasteiger partial charge in [0.1, 0.15) is 11.1 Å². The van der Waals surface area contributed by atoms with E-state index in [1.807, 2.05) is 16.7 Å². The smallest absolute Gasteiger partial charge is 0.309 e. The first-order valence-corrected chi connectivity index (χ1v) is 16.3. The number of carboxylic acid groups (broad SMARTS) is 1. The molecule has 2 aliphatic rings. The van der Waals surface area contributed by atoms with Gasteiger partial charge in [-0.1, -0.05) is 48.1 Å². The topological polar surface area (TPSA) is 98.8 Å². The third-order valence-corrected chi connectivity index (χ3v) is 10.6. The molecule has 0 radical (unpaired) electrons. The highest BCUT2D eigenvalue weighted by atomic mass is 32.2. The second kappa shape index (κ2) is 10.3. The fourth-order valence-electron chi connectivity index (χ4n) is 6.66. The summed E-state index contributed by atoms with van der Waals surface area (Å²) in [5.41, 5.74) is 5.88. The molecule has 2 N–H and O–H groups in total. The Labute approximate surface area is 247 Å². The molecule has 2 heterocycles. The van der Waals surface area contributed by atoms with Crippen molar-refractivity contribution in [3.05, 3.63) is 95.0 Å². The Bertz CT molecular complexity index is 2000. The molecule has 0 saturated heterocycles. The van der Waals surface area contributed by atoms with E-state index in [0.717, 1.165) is 26.2 Å². The molecule has 1 aliphatic heterocycles. The molecule has 2 atom stereocenters. The monoisotopic (exact) mass is 597 g/mol. The molecule has 5 aromatic rings. The largest absolute Gasteiger partial charge is 0.481 e. The van der Waals surface area contributed by atoms with Gasteiger partial charge in [0.25, 0.3) is 15.1 Å². The predicted octanol–water partition coefficient (Wildman–Crippen LogP) is 7.02. The minimum Gasteiger partial charge on any atom is -0.481 e. The zero-order valence-corrected chi connectivity index (χ0v) is 24.3. The number of nitrogens with zero attached hydrogens (tertiary/aromatic N) is 2. The summed E-state index contributed by atoms with van der Waals surface area (Å²) >= 11 is 1.54. The van der Waals surface area contributed by atoms with Crippen molar-refractivity contribution in [3.8, 4) is 0 Å². The van der Waals surface area contributed by atoms with Crippen LogP contribution in [0.2, 0.25) is 0 Å². The number of aliphatic carboxylic acids is 1. The number of anilines is 2. The molecular weight excluding hydrogens is 569 g/mol. The van der Waals surface area contributed by atoms with Crippen LogP contribution in [0.4, 0.5) is 11.4 Å². The maximum Gasteiger partial charge on any atom is 0.309 e. The lowest BCUT2D eigenvalue weighted by Gasteiger charge is -2.27. The van der Waals surface area contributed by atoms with Crippen LogP contribution in [-0.4, -0.2) is 30.1 Å². The number of aromatic nitrogens is 1. The number of fused-ring (bicyclic) bond motifs is 6. The van der Waals surface area contributed by atoms with Crippen LogP contribution in [0, 0.1) is 0 Å². The Hall–Kier alpha value is -4.05. The normalized spacial score (nSPS) is 18.3. The molecule has 2 unspecified atom stereocenters. The summed E-state index contributed by atoms with van der Waals surface area (Å²) in [6, 6.07) is 26.0. The Morgan fingerprint density at radius 2 is 1.83 bits per heavy atom. The van der Waals surface area contributed by atoms with E-state index in [1.54, 1.807) is 12.1 Å². The van der Waals surface area contributed by atoms with Crippen molar-refractivity contribution in [1.82, 2.24) is 0 Å². The molecule has 7 nitrogen and oxygen atoms in total. The molecule has 1 fully saturated rings. The van der Waals surface area contributed by atoms with E-state index in [9.17, 15) is 22.9 Å². The van der Waals surface area contributed by atoms with Crippen molar-refractivity contribution in [2.24, 2.45) is 0 Å². The van der Waals surface area contributed by atoms with Gasteiger partial charge in [-0.3, -0.25) is 9.35 Å². The molecule has 1 aliphatic carbocycles. The van der Waals surface area contributed by atoms with Gasteiger partial charge < -0.3 is 10.0 Å². The predicted molar refractivity (Wildman–Crippen MR) is 166 cm³/mol. The van der Waals surface area contributed by atoms with Crippen LogP contribution in [0.15, 0.2) is 83.8 Å². The molecule has 7 rings (SSSR count). The summed E-state index contributed by atoms with van der Waals surface area (Å²) in [4.78, 5) is 13.8. The average Bonchev–Trinajstić information content (AvgIpc) is 3.67. The standard InChI is InChI=1S/C33H28N2O5S2/c36-32(37)17-18-34-30-15-11-22-20-24(42(38,39)40)12-13-25(22)33(30)41-31(34)16-10-21-9-14-29-27(19-21)26-7-4-8-28(26)35(29)23-5-2-1-3-6-23/h1-3,5-6,9-16,19-20,26,28H,4,7-8,17-18H2,(H-,36,37,38,39,40)/p+1. The van der Waals surface area contributed by atoms with Crippen LogP contribution in [0.25, 0.3) is 33.1 Å². The van der Waals surface area contributed by atoms with E-state index in [0.29, 0.717) is 23.9 Å². The minimum atomic E-state index is -4.32. The van der Waals surface area contributed by atoms with Gasteiger partial charge in [-0.2, -0.15) is 13.0 Å². The highest BCUT2D eigenvalue weighted by molar-refractivity contribution is 7.85. The van der Waals surface area contributed by atoms with E-state index in [1.165, 1.54) is 59.7 Å². The fraction of sp³-hybridized carbons (Fsp3) is 0.212. The van der Waals surface area contributed by atoms with Gasteiger partial charge in [0.15, 0.2) is 6.54 Å². The summed E-state index contributed by atoms with van der Waals surface area (Å²) in [5.74, 6) is -0.361. The van der Waals surface area contributed by atoms with Gasteiger partial charge in [-0.25, -0.2) is 0 Å². The number of carboxylic acids is 1. The van der Waals surface area contributed by atoms with E-state index in [-0.39, 0.29) is 11.3 Å². The molecule has 212 valence electrons. The summed E-state index contributed by atoms with van der Waals surface area (Å²) in [5, 5.41) is 11.9. The summed E-state index contributed by atoms with van der Waals surface area (Å²) in [6.45, 7) is 0.309. The second-order valence-corrected chi connectivity index (χ2v) is 13.4. The van der Waals surface area contributed by atoms with Gasteiger partial charge in [0.2, 0.25) is 5.52 Å². The number of rotatable bonds is 7. The highest BCUT2D eigenvalue weighted by Crippen LogP contribution is 2.52. The number of para-hydroxylation sites is 1. The molecule has 42 heavy (non-hydrogen) atoms. The highest BCUT2D eigenvalue weighted by Gasteiger charge is 2.42. The van der Waals surface area contributed by atoms with Crippen molar-refractivity contribution in [2.75, 3.05) is 4.90 Å². The molecule has 4 aromatic carbocycles. The number of benzene rings is 4. The van der Waals surface area contributed by atoms with Crippen LogP contribution in [-0.2, 0) is 21.5 Å². The molecule has 0 amide bonds. The maximum absolute atomic E-state index is 11.7. The molecule has 0 spiro atoms. The van der Waals surface area contributed by atoms with Crippen molar-refractivity contribution < 1.29 is 27.4 Å². The van der Waals surface area contributed by atoms with Crippen molar-refractivity contribution >= 4 is 71.9 Å². The van der Waals surface area contributed by atoms with Crippen LogP contribution in [0.3, 0.4) is 0 Å². The number of thiazole rings is 1. The van der Waals surface area contributed by atoms with Crippen LogP contribution >= 0.6 is 11.3 Å². The van der Waals surface area contributed by atoms with Crippen molar-refractivity contribution in [3.63, 3.8) is 0 Å². The number of carbonyl (C=O) groups is 1. The quantitative estimate of drug-likeness (QED) is 0.155. The molecule has 1 saturated carbocycles. The zero-order chi connectivity index (χ0) is 29.0. The van der Waals surface area contributed by atoms with E-state index < -0.39 is 16.1 Å².